The topological polar surface area (TPSA) is 38.9 Å². The van der Waals surface area contributed by atoms with E-state index in [1.807, 2.05) is 30.3 Å². The van der Waals surface area contributed by atoms with E-state index >= 15 is 0 Å². The van der Waals surface area contributed by atoms with Crippen molar-refractivity contribution in [2.45, 2.75) is 19.3 Å². The average Bonchev–Trinajstić information content (AvgIpc) is 3.69. The minimum absolute atomic E-state index is 0.111. The molecule has 246 valence electrons. The van der Waals surface area contributed by atoms with Crippen LogP contribution in [0.25, 0.3) is 89.2 Å². The molecule has 0 N–H and O–H groups in total. The third-order valence-electron chi connectivity index (χ3n) is 10.7. The highest BCUT2D eigenvalue weighted by atomic mass is 16.3. The lowest BCUT2D eigenvalue weighted by atomic mass is 9.82. The Morgan fingerprint density at radius 2 is 0.981 bits per heavy atom. The maximum atomic E-state index is 6.18. The van der Waals surface area contributed by atoms with E-state index in [2.05, 4.69) is 153 Å². The molecule has 1 aliphatic carbocycles. The highest BCUT2D eigenvalue weighted by Crippen LogP contribution is 2.49. The molecule has 0 saturated heterocycles. The Kier molecular flexibility index (Phi) is 6.84. The highest BCUT2D eigenvalue weighted by Gasteiger charge is 2.35. The van der Waals surface area contributed by atoms with E-state index in [1.54, 1.807) is 0 Å². The van der Waals surface area contributed by atoms with Crippen LogP contribution in [0.1, 0.15) is 25.0 Å². The summed E-state index contributed by atoms with van der Waals surface area (Å²) in [4.78, 5) is 10.5. The van der Waals surface area contributed by atoms with Gasteiger partial charge in [0.15, 0.2) is 5.82 Å². The Bertz CT molecular complexity index is 2810. The van der Waals surface area contributed by atoms with Gasteiger partial charge in [-0.05, 0) is 93.0 Å². The van der Waals surface area contributed by atoms with Crippen molar-refractivity contribution in [3.05, 3.63) is 181 Å². The summed E-state index contributed by atoms with van der Waals surface area (Å²) in [6.45, 7) is 4.64. The Morgan fingerprint density at radius 3 is 1.79 bits per heavy atom. The van der Waals surface area contributed by atoms with Crippen molar-refractivity contribution in [3.8, 4) is 67.3 Å². The number of aromatic nitrogens is 2. The van der Waals surface area contributed by atoms with Crippen LogP contribution in [0.5, 0.6) is 0 Å². The van der Waals surface area contributed by atoms with Crippen LogP contribution in [0.15, 0.2) is 174 Å². The maximum Gasteiger partial charge on any atom is 0.160 e. The number of hydrogen-bond acceptors (Lipinski definition) is 3. The summed E-state index contributed by atoms with van der Waals surface area (Å²) >= 11 is 0. The quantitative estimate of drug-likeness (QED) is 0.183. The first-order valence-corrected chi connectivity index (χ1v) is 17.8. The van der Waals surface area contributed by atoms with Crippen molar-refractivity contribution in [1.29, 1.82) is 0 Å². The van der Waals surface area contributed by atoms with Gasteiger partial charge in [-0.15, -0.1) is 0 Å². The largest absolute Gasteiger partial charge is 0.456 e. The lowest BCUT2D eigenvalue weighted by Crippen LogP contribution is -2.14. The highest BCUT2D eigenvalue weighted by molar-refractivity contribution is 6.06. The lowest BCUT2D eigenvalue weighted by molar-refractivity contribution is 0.660. The van der Waals surface area contributed by atoms with Gasteiger partial charge in [-0.1, -0.05) is 135 Å². The standard InChI is InChI=1S/C49H34N2O/c1-49(2)42-19-11-9-17-38(42)39-23-21-34(29-43(39)49)44-30-45(51-48(50-44)32-15-7-4-8-16-32)37-26-35(31-13-5-3-6-14-31)25-36(27-37)33-22-24-47-41(28-33)40-18-10-12-20-46(40)52-47/h3-30H,1-2H3. The molecule has 0 aliphatic heterocycles. The molecule has 3 heteroatoms. The fourth-order valence-electron chi connectivity index (χ4n) is 7.97. The molecule has 0 fully saturated rings. The molecule has 1 aliphatic rings. The molecule has 0 bridgehead atoms. The Labute approximate surface area is 302 Å². The SMILES string of the molecule is CC1(C)c2ccccc2-c2ccc(-c3cc(-c4cc(-c5ccccc5)cc(-c5ccc6oc7ccccc7c6c5)c4)nc(-c4ccccc4)n3)cc21. The molecule has 52 heavy (non-hydrogen) atoms. The Balaban J connectivity index is 1.17. The minimum Gasteiger partial charge on any atom is -0.456 e. The first kappa shape index (κ1) is 30.3. The second kappa shape index (κ2) is 11.8. The van der Waals surface area contributed by atoms with Gasteiger partial charge < -0.3 is 4.42 Å². The number of nitrogens with zero attached hydrogens (tertiary/aromatic N) is 2. The zero-order valence-corrected chi connectivity index (χ0v) is 29.0. The first-order valence-electron chi connectivity index (χ1n) is 17.8. The van der Waals surface area contributed by atoms with E-state index in [-0.39, 0.29) is 5.41 Å². The van der Waals surface area contributed by atoms with Crippen LogP contribution in [0.3, 0.4) is 0 Å². The van der Waals surface area contributed by atoms with Crippen molar-refractivity contribution < 1.29 is 4.42 Å². The normalized spacial score (nSPS) is 13.0. The van der Waals surface area contributed by atoms with Crippen LogP contribution in [0.4, 0.5) is 0 Å². The molecule has 0 saturated carbocycles. The number of furan rings is 1. The van der Waals surface area contributed by atoms with E-state index in [0.717, 1.165) is 72.3 Å². The molecule has 7 aromatic carbocycles. The number of benzene rings is 7. The molecule has 0 amide bonds. The molecule has 10 rings (SSSR count). The average molecular weight is 667 g/mol. The third-order valence-corrected chi connectivity index (χ3v) is 10.7. The molecule has 0 atom stereocenters. The molecule has 9 aromatic rings. The van der Waals surface area contributed by atoms with Gasteiger partial charge in [0.1, 0.15) is 11.2 Å². The van der Waals surface area contributed by atoms with Crippen LogP contribution in [0.2, 0.25) is 0 Å². The summed E-state index contributed by atoms with van der Waals surface area (Å²) < 4.78 is 6.18. The fourth-order valence-corrected chi connectivity index (χ4v) is 7.97. The van der Waals surface area contributed by atoms with Crippen LogP contribution in [0, 0.1) is 0 Å². The summed E-state index contributed by atoms with van der Waals surface area (Å²) in [5.74, 6) is 0.703. The number of fused-ring (bicyclic) bond motifs is 6. The van der Waals surface area contributed by atoms with Crippen molar-refractivity contribution in [2.75, 3.05) is 0 Å². The summed E-state index contributed by atoms with van der Waals surface area (Å²) in [5, 5.41) is 2.23. The van der Waals surface area contributed by atoms with Gasteiger partial charge in [-0.25, -0.2) is 9.97 Å². The van der Waals surface area contributed by atoms with E-state index in [9.17, 15) is 0 Å². The van der Waals surface area contributed by atoms with Crippen molar-refractivity contribution in [2.24, 2.45) is 0 Å². The van der Waals surface area contributed by atoms with Crippen molar-refractivity contribution in [1.82, 2.24) is 9.97 Å². The Hall–Kier alpha value is -6.58. The van der Waals surface area contributed by atoms with Gasteiger partial charge >= 0.3 is 0 Å². The number of rotatable bonds is 5. The van der Waals surface area contributed by atoms with Crippen molar-refractivity contribution >= 4 is 21.9 Å². The molecular weight excluding hydrogens is 633 g/mol. The van der Waals surface area contributed by atoms with Gasteiger partial charge in [0.25, 0.3) is 0 Å². The summed E-state index contributed by atoms with van der Waals surface area (Å²) in [5.41, 5.74) is 16.4. The first-order chi connectivity index (χ1) is 25.5. The van der Waals surface area contributed by atoms with E-state index in [4.69, 9.17) is 14.4 Å². The van der Waals surface area contributed by atoms with Crippen LogP contribution < -0.4 is 0 Å². The van der Waals surface area contributed by atoms with Gasteiger partial charge in [0.05, 0.1) is 11.4 Å². The lowest BCUT2D eigenvalue weighted by Gasteiger charge is -2.22. The third kappa shape index (κ3) is 4.97. The second-order valence-electron chi connectivity index (χ2n) is 14.2. The van der Waals surface area contributed by atoms with Gasteiger partial charge in [0.2, 0.25) is 0 Å². The van der Waals surface area contributed by atoms with Gasteiger partial charge in [-0.2, -0.15) is 0 Å². The second-order valence-corrected chi connectivity index (χ2v) is 14.2. The molecule has 2 heterocycles. The summed E-state index contributed by atoms with van der Waals surface area (Å²) in [7, 11) is 0. The molecule has 2 aromatic heterocycles. The van der Waals surface area contributed by atoms with Gasteiger partial charge in [-0.3, -0.25) is 0 Å². The predicted molar refractivity (Wildman–Crippen MR) is 214 cm³/mol. The maximum absolute atomic E-state index is 6.18. The molecular formula is C49H34N2O. The van der Waals surface area contributed by atoms with E-state index in [1.165, 1.54) is 22.3 Å². The minimum atomic E-state index is -0.111. The zero-order valence-electron chi connectivity index (χ0n) is 29.0. The fraction of sp³-hybridized carbons (Fsp3) is 0.0612. The molecule has 0 radical (unpaired) electrons. The van der Waals surface area contributed by atoms with E-state index in [0.29, 0.717) is 5.82 Å². The van der Waals surface area contributed by atoms with Gasteiger partial charge in [0, 0.05) is 32.9 Å². The van der Waals surface area contributed by atoms with Crippen LogP contribution in [-0.4, -0.2) is 9.97 Å². The smallest absolute Gasteiger partial charge is 0.160 e. The number of hydrogen-bond donors (Lipinski definition) is 0. The number of para-hydroxylation sites is 1. The zero-order chi connectivity index (χ0) is 34.8. The Morgan fingerprint density at radius 1 is 0.385 bits per heavy atom. The molecule has 3 nitrogen and oxygen atoms in total. The molecule has 0 spiro atoms. The summed E-state index contributed by atoms with van der Waals surface area (Å²) in [6, 6.07) is 60.2. The summed E-state index contributed by atoms with van der Waals surface area (Å²) in [6.07, 6.45) is 0. The van der Waals surface area contributed by atoms with Crippen LogP contribution in [-0.2, 0) is 5.41 Å². The van der Waals surface area contributed by atoms with E-state index < -0.39 is 0 Å². The van der Waals surface area contributed by atoms with Crippen molar-refractivity contribution in [3.63, 3.8) is 0 Å². The predicted octanol–water partition coefficient (Wildman–Crippen LogP) is 13.0. The molecule has 0 unspecified atom stereocenters. The van der Waals surface area contributed by atoms with Crippen LogP contribution >= 0.6 is 0 Å². The monoisotopic (exact) mass is 666 g/mol.